The van der Waals surface area contributed by atoms with Gasteiger partial charge in [0, 0.05) is 32.8 Å². The van der Waals surface area contributed by atoms with Crippen molar-refractivity contribution in [3.05, 3.63) is 17.8 Å². The number of hydrogen-bond acceptors (Lipinski definition) is 6. The van der Waals surface area contributed by atoms with Gasteiger partial charge in [-0.1, -0.05) is 0 Å². The van der Waals surface area contributed by atoms with Gasteiger partial charge in [0.1, 0.15) is 23.1 Å². The molecule has 0 radical (unpaired) electrons. The van der Waals surface area contributed by atoms with Gasteiger partial charge in [0.15, 0.2) is 0 Å². The van der Waals surface area contributed by atoms with Crippen LogP contribution in [-0.2, 0) is 9.53 Å². The molecule has 6 nitrogen and oxygen atoms in total. The van der Waals surface area contributed by atoms with Gasteiger partial charge in [-0.2, -0.15) is 0 Å². The predicted octanol–water partition coefficient (Wildman–Crippen LogP) is 1.52. The summed E-state index contributed by atoms with van der Waals surface area (Å²) in [7, 11) is 0. The lowest BCUT2D eigenvalue weighted by Crippen LogP contribution is -2.51. The summed E-state index contributed by atoms with van der Waals surface area (Å²) in [6.07, 6.45) is 3.26. The van der Waals surface area contributed by atoms with E-state index in [1.807, 2.05) is 10.3 Å². The van der Waals surface area contributed by atoms with Crippen LogP contribution in [-0.4, -0.2) is 59.7 Å². The van der Waals surface area contributed by atoms with Gasteiger partial charge in [0.2, 0.25) is 0 Å². The molecule has 0 aromatic carbocycles. The van der Waals surface area contributed by atoms with Crippen molar-refractivity contribution >= 4 is 33.3 Å². The van der Waals surface area contributed by atoms with Crippen molar-refractivity contribution in [1.29, 1.82) is 0 Å². The van der Waals surface area contributed by atoms with E-state index in [0.717, 1.165) is 55.1 Å². The maximum Gasteiger partial charge on any atom is 0.251 e. The number of amides is 1. The molecule has 2 aliphatic heterocycles. The van der Waals surface area contributed by atoms with Gasteiger partial charge in [-0.15, -0.1) is 11.3 Å². The van der Waals surface area contributed by atoms with Gasteiger partial charge in [0.25, 0.3) is 5.91 Å². The summed E-state index contributed by atoms with van der Waals surface area (Å²) in [6, 6.07) is 2.07. The fourth-order valence-corrected chi connectivity index (χ4v) is 3.87. The molecular weight excluding hydrogens is 300 g/mol. The molecule has 22 heavy (non-hydrogen) atoms. The average molecular weight is 318 g/mol. The first kappa shape index (κ1) is 13.9. The number of carbonyl (C=O) groups is 1. The minimum absolute atomic E-state index is 0.153. The van der Waals surface area contributed by atoms with E-state index < -0.39 is 0 Å². The lowest BCUT2D eigenvalue weighted by molar-refractivity contribution is -0.141. The SMILES string of the molecule is O=C(C1CCCO1)N1CCN(c2ncnc3sccc23)CC1. The largest absolute Gasteiger partial charge is 0.368 e. The highest BCUT2D eigenvalue weighted by Gasteiger charge is 2.30. The van der Waals surface area contributed by atoms with Crippen LogP contribution in [0.1, 0.15) is 12.8 Å². The normalized spacial score (nSPS) is 22.5. The predicted molar refractivity (Wildman–Crippen MR) is 85.2 cm³/mol. The molecule has 2 aliphatic rings. The molecule has 4 heterocycles. The number of anilines is 1. The number of carbonyl (C=O) groups excluding carboxylic acids is 1. The molecule has 7 heteroatoms. The topological polar surface area (TPSA) is 58.6 Å². The highest BCUT2D eigenvalue weighted by molar-refractivity contribution is 7.16. The molecule has 1 unspecified atom stereocenters. The van der Waals surface area contributed by atoms with Crippen LogP contribution in [0.3, 0.4) is 0 Å². The summed E-state index contributed by atoms with van der Waals surface area (Å²) in [5.41, 5.74) is 0. The van der Waals surface area contributed by atoms with Crippen molar-refractivity contribution in [2.45, 2.75) is 18.9 Å². The summed E-state index contributed by atoms with van der Waals surface area (Å²) in [6.45, 7) is 3.79. The van der Waals surface area contributed by atoms with E-state index in [-0.39, 0.29) is 12.0 Å². The van der Waals surface area contributed by atoms with Crippen LogP contribution in [0.5, 0.6) is 0 Å². The Kier molecular flexibility index (Phi) is 3.67. The van der Waals surface area contributed by atoms with Crippen molar-refractivity contribution < 1.29 is 9.53 Å². The molecule has 0 spiro atoms. The van der Waals surface area contributed by atoms with Gasteiger partial charge in [-0.3, -0.25) is 4.79 Å². The second-order valence-electron chi connectivity index (χ2n) is 5.65. The zero-order chi connectivity index (χ0) is 14.9. The number of fused-ring (bicyclic) bond motifs is 1. The van der Waals surface area contributed by atoms with Gasteiger partial charge < -0.3 is 14.5 Å². The van der Waals surface area contributed by atoms with Crippen LogP contribution in [0.15, 0.2) is 17.8 Å². The molecule has 1 atom stereocenters. The molecule has 2 aromatic rings. The Morgan fingerprint density at radius 3 is 2.91 bits per heavy atom. The molecule has 0 N–H and O–H groups in total. The lowest BCUT2D eigenvalue weighted by atomic mass is 10.2. The molecule has 2 saturated heterocycles. The highest BCUT2D eigenvalue weighted by Crippen LogP contribution is 2.27. The van der Waals surface area contributed by atoms with Gasteiger partial charge in [-0.05, 0) is 24.3 Å². The first-order valence-corrected chi connectivity index (χ1v) is 8.54. The minimum Gasteiger partial charge on any atom is -0.368 e. The van der Waals surface area contributed by atoms with Gasteiger partial charge in [0.05, 0.1) is 5.39 Å². The van der Waals surface area contributed by atoms with Gasteiger partial charge in [-0.25, -0.2) is 9.97 Å². The number of piperazine rings is 1. The van der Waals surface area contributed by atoms with Crippen molar-refractivity contribution in [1.82, 2.24) is 14.9 Å². The average Bonchev–Trinajstić information content (AvgIpc) is 3.25. The summed E-state index contributed by atoms with van der Waals surface area (Å²) < 4.78 is 5.50. The molecule has 116 valence electrons. The molecule has 2 fully saturated rings. The number of thiophene rings is 1. The van der Waals surface area contributed by atoms with Crippen molar-refractivity contribution in [2.75, 3.05) is 37.7 Å². The van der Waals surface area contributed by atoms with E-state index in [4.69, 9.17) is 4.74 Å². The van der Waals surface area contributed by atoms with Crippen molar-refractivity contribution in [3.8, 4) is 0 Å². The third-order valence-corrected chi connectivity index (χ3v) is 5.16. The summed E-state index contributed by atoms with van der Waals surface area (Å²) in [5, 5.41) is 3.14. The van der Waals surface area contributed by atoms with Gasteiger partial charge >= 0.3 is 0 Å². The Balaban J connectivity index is 1.45. The van der Waals surface area contributed by atoms with Crippen molar-refractivity contribution in [3.63, 3.8) is 0 Å². The second kappa shape index (κ2) is 5.81. The first-order chi connectivity index (χ1) is 10.8. The number of ether oxygens (including phenoxy) is 1. The van der Waals surface area contributed by atoms with Crippen molar-refractivity contribution in [2.24, 2.45) is 0 Å². The zero-order valence-electron chi connectivity index (χ0n) is 12.3. The third-order valence-electron chi connectivity index (χ3n) is 4.34. The number of hydrogen-bond donors (Lipinski definition) is 0. The quantitative estimate of drug-likeness (QED) is 0.840. The Bertz CT molecular complexity index is 675. The standard InChI is InChI=1S/C15H18N4O2S/c20-15(12-2-1-8-21-12)19-6-4-18(5-7-19)13-11-3-9-22-14(11)17-10-16-13/h3,9-10,12H,1-2,4-8H2. The van der Waals surface area contributed by atoms with Crippen LogP contribution in [0.4, 0.5) is 5.82 Å². The Hall–Kier alpha value is -1.73. The van der Waals surface area contributed by atoms with Crippen LogP contribution in [0.2, 0.25) is 0 Å². The maximum atomic E-state index is 12.4. The van der Waals surface area contributed by atoms with E-state index in [2.05, 4.69) is 20.9 Å². The van der Waals surface area contributed by atoms with E-state index in [1.54, 1.807) is 17.7 Å². The highest BCUT2D eigenvalue weighted by atomic mass is 32.1. The molecule has 0 saturated carbocycles. The lowest BCUT2D eigenvalue weighted by Gasteiger charge is -2.36. The Morgan fingerprint density at radius 2 is 2.14 bits per heavy atom. The number of rotatable bonds is 2. The van der Waals surface area contributed by atoms with E-state index in [0.29, 0.717) is 6.61 Å². The summed E-state index contributed by atoms with van der Waals surface area (Å²) >= 11 is 1.63. The molecule has 0 aliphatic carbocycles. The number of aromatic nitrogens is 2. The van der Waals surface area contributed by atoms with E-state index >= 15 is 0 Å². The fraction of sp³-hybridized carbons (Fsp3) is 0.533. The monoisotopic (exact) mass is 318 g/mol. The second-order valence-corrected chi connectivity index (χ2v) is 6.55. The summed E-state index contributed by atoms with van der Waals surface area (Å²) in [4.78, 5) is 26.3. The van der Waals surface area contributed by atoms with Crippen LogP contribution >= 0.6 is 11.3 Å². The Morgan fingerprint density at radius 1 is 1.27 bits per heavy atom. The van der Waals surface area contributed by atoms with Crippen LogP contribution in [0, 0.1) is 0 Å². The molecule has 1 amide bonds. The van der Waals surface area contributed by atoms with E-state index in [9.17, 15) is 4.79 Å². The molecule has 2 aromatic heterocycles. The fourth-order valence-electron chi connectivity index (χ4n) is 3.14. The smallest absolute Gasteiger partial charge is 0.251 e. The molecule has 4 rings (SSSR count). The first-order valence-electron chi connectivity index (χ1n) is 7.66. The third kappa shape index (κ3) is 2.44. The Labute approximate surface area is 132 Å². The summed E-state index contributed by atoms with van der Waals surface area (Å²) in [5.74, 6) is 1.14. The van der Waals surface area contributed by atoms with Crippen LogP contribution in [0.25, 0.3) is 10.2 Å². The maximum absolute atomic E-state index is 12.4. The number of nitrogens with zero attached hydrogens (tertiary/aromatic N) is 4. The minimum atomic E-state index is -0.214. The molecule has 0 bridgehead atoms. The zero-order valence-corrected chi connectivity index (χ0v) is 13.1. The molecular formula is C15H18N4O2S. The van der Waals surface area contributed by atoms with Crippen LogP contribution < -0.4 is 4.90 Å². The van der Waals surface area contributed by atoms with E-state index in [1.165, 1.54) is 0 Å².